The van der Waals surface area contributed by atoms with Crippen LogP contribution in [0.2, 0.25) is 0 Å². The molecule has 0 radical (unpaired) electrons. The molecule has 5 nitrogen and oxygen atoms in total. The quantitative estimate of drug-likeness (QED) is 0.853. The van der Waals surface area contributed by atoms with Gasteiger partial charge in [0.25, 0.3) is 0 Å². The molecule has 3 rings (SSSR count). The third-order valence-electron chi connectivity index (χ3n) is 4.47. The van der Waals surface area contributed by atoms with Crippen molar-refractivity contribution in [2.45, 2.75) is 31.4 Å². The minimum Gasteiger partial charge on any atom is -0.384 e. The zero-order valence-electron chi connectivity index (χ0n) is 13.5. The van der Waals surface area contributed by atoms with Crippen LogP contribution in [0.1, 0.15) is 25.3 Å². The van der Waals surface area contributed by atoms with Crippen molar-refractivity contribution in [3.05, 3.63) is 54.2 Å². The molecule has 0 aliphatic carbocycles. The van der Waals surface area contributed by atoms with Gasteiger partial charge in [0.15, 0.2) is 5.82 Å². The normalized spacial score (nSPS) is 20.4. The van der Waals surface area contributed by atoms with Gasteiger partial charge in [0.05, 0.1) is 5.60 Å². The van der Waals surface area contributed by atoms with E-state index in [-0.39, 0.29) is 0 Å². The zero-order chi connectivity index (χ0) is 16.1. The van der Waals surface area contributed by atoms with Crippen LogP contribution in [0.15, 0.2) is 48.7 Å². The Morgan fingerprint density at radius 1 is 1.26 bits per heavy atom. The highest BCUT2D eigenvalue weighted by atomic mass is 16.3. The molecule has 0 unspecified atom stereocenters. The number of aliphatic hydroxyl groups is 1. The van der Waals surface area contributed by atoms with E-state index < -0.39 is 5.60 Å². The van der Waals surface area contributed by atoms with E-state index in [1.807, 2.05) is 49.4 Å². The molecule has 1 aliphatic heterocycles. The molecule has 0 spiro atoms. The first kappa shape index (κ1) is 15.9. The summed E-state index contributed by atoms with van der Waals surface area (Å²) in [5.74, 6) is 0.937. The zero-order valence-corrected chi connectivity index (χ0v) is 13.5. The predicted octanol–water partition coefficient (Wildman–Crippen LogP) is 1.94. The molecule has 0 amide bonds. The van der Waals surface area contributed by atoms with E-state index in [2.05, 4.69) is 20.4 Å². The highest BCUT2D eigenvalue weighted by Crippen LogP contribution is 2.23. The van der Waals surface area contributed by atoms with Crippen LogP contribution in [0, 0.1) is 0 Å². The number of aromatic nitrogens is 2. The number of benzene rings is 1. The Bertz CT molecular complexity index is 603. The van der Waals surface area contributed by atoms with Gasteiger partial charge in [-0.25, -0.2) is 0 Å². The van der Waals surface area contributed by atoms with Crippen LogP contribution >= 0.6 is 0 Å². The fourth-order valence-corrected chi connectivity index (χ4v) is 3.18. The van der Waals surface area contributed by atoms with Crippen molar-refractivity contribution in [2.24, 2.45) is 0 Å². The van der Waals surface area contributed by atoms with Crippen molar-refractivity contribution in [2.75, 3.05) is 24.5 Å². The largest absolute Gasteiger partial charge is 0.384 e. The van der Waals surface area contributed by atoms with Crippen molar-refractivity contribution in [1.82, 2.24) is 15.5 Å². The first-order valence-corrected chi connectivity index (χ1v) is 8.20. The van der Waals surface area contributed by atoms with Gasteiger partial charge in [0.2, 0.25) is 0 Å². The van der Waals surface area contributed by atoms with Crippen LogP contribution in [0.4, 0.5) is 5.82 Å². The summed E-state index contributed by atoms with van der Waals surface area (Å²) < 4.78 is 0. The molecular weight excluding hydrogens is 288 g/mol. The molecule has 23 heavy (non-hydrogen) atoms. The Labute approximate surface area is 137 Å². The lowest BCUT2D eigenvalue weighted by molar-refractivity contribution is 0.0568. The second-order valence-electron chi connectivity index (χ2n) is 6.34. The van der Waals surface area contributed by atoms with Gasteiger partial charge >= 0.3 is 0 Å². The van der Waals surface area contributed by atoms with Gasteiger partial charge < -0.3 is 15.3 Å². The molecular formula is C18H24N4O. The van der Waals surface area contributed by atoms with Crippen LogP contribution < -0.4 is 10.2 Å². The number of nitrogens with one attached hydrogen (secondary N) is 1. The van der Waals surface area contributed by atoms with E-state index in [4.69, 9.17) is 0 Å². The van der Waals surface area contributed by atoms with Crippen molar-refractivity contribution in [3.63, 3.8) is 0 Å². The molecule has 1 aromatic carbocycles. The van der Waals surface area contributed by atoms with Crippen LogP contribution in [0.5, 0.6) is 0 Å². The summed E-state index contributed by atoms with van der Waals surface area (Å²) in [6.45, 7) is 4.23. The number of anilines is 1. The molecule has 2 atom stereocenters. The Morgan fingerprint density at radius 2 is 2.09 bits per heavy atom. The van der Waals surface area contributed by atoms with Crippen LogP contribution in [-0.2, 0) is 5.60 Å². The van der Waals surface area contributed by atoms with Gasteiger partial charge in [-0.15, -0.1) is 5.10 Å². The van der Waals surface area contributed by atoms with Crippen LogP contribution in [0.25, 0.3) is 0 Å². The smallest absolute Gasteiger partial charge is 0.151 e. The lowest BCUT2D eigenvalue weighted by Gasteiger charge is -2.28. The Kier molecular flexibility index (Phi) is 4.88. The lowest BCUT2D eigenvalue weighted by atomic mass is 9.96. The molecule has 0 bridgehead atoms. The average Bonchev–Trinajstić information content (AvgIpc) is 3.05. The minimum absolute atomic E-state index is 0.401. The molecule has 5 heteroatoms. The fraction of sp³-hybridized carbons (Fsp3) is 0.444. The van der Waals surface area contributed by atoms with E-state index in [1.165, 1.54) is 0 Å². The molecule has 1 aliphatic rings. The first-order valence-electron chi connectivity index (χ1n) is 8.20. The van der Waals surface area contributed by atoms with E-state index >= 15 is 0 Å². The summed E-state index contributed by atoms with van der Waals surface area (Å²) in [6.07, 6.45) is 4.00. The second-order valence-corrected chi connectivity index (χ2v) is 6.34. The van der Waals surface area contributed by atoms with Gasteiger partial charge in [0, 0.05) is 31.9 Å². The highest BCUT2D eigenvalue weighted by Gasteiger charge is 2.27. The Morgan fingerprint density at radius 3 is 2.83 bits per heavy atom. The molecule has 122 valence electrons. The molecule has 0 saturated carbocycles. The standard InChI is InChI=1S/C18H24N4O/c1-18(23,15-7-3-2-4-8-15)14-19-13-16-9-6-12-22(16)17-10-5-11-20-21-17/h2-5,7-8,10-11,16,19,23H,6,9,12-14H2,1H3/t16-,18+/m1/s1. The van der Waals surface area contributed by atoms with E-state index in [0.717, 1.165) is 37.3 Å². The summed E-state index contributed by atoms with van der Waals surface area (Å²) in [6, 6.07) is 14.1. The van der Waals surface area contributed by atoms with Gasteiger partial charge in [-0.1, -0.05) is 30.3 Å². The monoisotopic (exact) mass is 312 g/mol. The maximum atomic E-state index is 10.6. The van der Waals surface area contributed by atoms with Crippen molar-refractivity contribution >= 4 is 5.82 Å². The maximum Gasteiger partial charge on any atom is 0.151 e. The molecule has 2 aromatic rings. The third-order valence-corrected chi connectivity index (χ3v) is 4.47. The fourth-order valence-electron chi connectivity index (χ4n) is 3.18. The summed E-state index contributed by atoms with van der Waals surface area (Å²) >= 11 is 0. The molecule has 1 saturated heterocycles. The average molecular weight is 312 g/mol. The Balaban J connectivity index is 1.56. The van der Waals surface area contributed by atoms with Gasteiger partial charge in [-0.2, -0.15) is 5.10 Å². The minimum atomic E-state index is -0.864. The van der Waals surface area contributed by atoms with Crippen molar-refractivity contribution in [1.29, 1.82) is 0 Å². The molecule has 2 heterocycles. The van der Waals surface area contributed by atoms with Gasteiger partial charge in [0.1, 0.15) is 0 Å². The molecule has 2 N–H and O–H groups in total. The molecule has 1 fully saturated rings. The van der Waals surface area contributed by atoms with Crippen LogP contribution in [0.3, 0.4) is 0 Å². The number of rotatable bonds is 6. The number of nitrogens with zero attached hydrogens (tertiary/aromatic N) is 3. The number of hydrogen-bond acceptors (Lipinski definition) is 5. The number of hydrogen-bond donors (Lipinski definition) is 2. The summed E-state index contributed by atoms with van der Waals surface area (Å²) in [4.78, 5) is 2.30. The van der Waals surface area contributed by atoms with E-state index in [9.17, 15) is 5.11 Å². The van der Waals surface area contributed by atoms with Crippen LogP contribution in [-0.4, -0.2) is 41.0 Å². The second kappa shape index (κ2) is 7.06. The summed E-state index contributed by atoms with van der Waals surface area (Å²) in [7, 11) is 0. The first-order chi connectivity index (χ1) is 11.2. The topological polar surface area (TPSA) is 61.3 Å². The third kappa shape index (κ3) is 3.86. The van der Waals surface area contributed by atoms with Crippen molar-refractivity contribution in [3.8, 4) is 0 Å². The van der Waals surface area contributed by atoms with E-state index in [1.54, 1.807) is 6.20 Å². The summed E-state index contributed by atoms with van der Waals surface area (Å²) in [5.41, 5.74) is 0.0711. The van der Waals surface area contributed by atoms with Gasteiger partial charge in [-0.05, 0) is 37.5 Å². The Hall–Kier alpha value is -1.98. The summed E-state index contributed by atoms with van der Waals surface area (Å²) in [5, 5.41) is 22.3. The lowest BCUT2D eigenvalue weighted by Crippen LogP contribution is -2.43. The van der Waals surface area contributed by atoms with Gasteiger partial charge in [-0.3, -0.25) is 0 Å². The maximum absolute atomic E-state index is 10.6. The highest BCUT2D eigenvalue weighted by molar-refractivity contribution is 5.39. The van der Waals surface area contributed by atoms with E-state index in [0.29, 0.717) is 12.6 Å². The predicted molar refractivity (Wildman–Crippen MR) is 91.3 cm³/mol. The molecule has 1 aromatic heterocycles. The van der Waals surface area contributed by atoms with Crippen molar-refractivity contribution < 1.29 is 5.11 Å². The SMILES string of the molecule is C[C@](O)(CNC[C@H]1CCCN1c1cccnn1)c1ccccc1.